The molecule has 1 aromatic carbocycles. The number of aromatic amines is 1. The molecule has 3 rings (SSSR count). The van der Waals surface area contributed by atoms with Crippen molar-refractivity contribution < 1.29 is 4.92 Å². The molecule has 0 saturated heterocycles. The topological polar surface area (TPSA) is 115 Å². The zero-order chi connectivity index (χ0) is 16.2. The molecule has 9 heteroatoms. The fourth-order valence-corrected chi connectivity index (χ4v) is 2.03. The van der Waals surface area contributed by atoms with Crippen LogP contribution in [0.25, 0.3) is 0 Å². The number of nitrogens with zero attached hydrogens (tertiary/aromatic N) is 5. The summed E-state index contributed by atoms with van der Waals surface area (Å²) in [6.45, 7) is 2.55. The Balaban J connectivity index is 1.58. The molecular weight excluding hydrogens is 298 g/mol. The van der Waals surface area contributed by atoms with Crippen LogP contribution in [0.5, 0.6) is 0 Å². The lowest BCUT2D eigenvalue weighted by atomic mass is 10.2. The maximum Gasteiger partial charge on any atom is 0.381 e. The smallest absolute Gasteiger partial charge is 0.358 e. The molecule has 0 amide bonds. The Bertz CT molecular complexity index is 807. The van der Waals surface area contributed by atoms with Gasteiger partial charge in [-0.1, -0.05) is 17.7 Å². The summed E-state index contributed by atoms with van der Waals surface area (Å²) in [5.41, 5.74) is 2.09. The molecule has 0 unspecified atom stereocenters. The first-order valence-electron chi connectivity index (χ1n) is 7.01. The molecule has 0 aliphatic heterocycles. The van der Waals surface area contributed by atoms with Crippen molar-refractivity contribution in [2.24, 2.45) is 0 Å². The van der Waals surface area contributed by atoms with Crippen LogP contribution in [0.3, 0.4) is 0 Å². The van der Waals surface area contributed by atoms with Crippen LogP contribution in [-0.4, -0.2) is 29.7 Å². The lowest BCUT2D eigenvalue weighted by Crippen LogP contribution is -2.00. The minimum absolute atomic E-state index is 0.163. The van der Waals surface area contributed by atoms with Gasteiger partial charge in [0.1, 0.15) is 12.0 Å². The van der Waals surface area contributed by atoms with E-state index in [0.717, 1.165) is 5.69 Å². The average Bonchev–Trinajstić information content (AvgIpc) is 3.17. The lowest BCUT2D eigenvalue weighted by molar-refractivity contribution is -0.389. The van der Waals surface area contributed by atoms with Crippen LogP contribution in [-0.2, 0) is 13.0 Å². The zero-order valence-electron chi connectivity index (χ0n) is 12.4. The summed E-state index contributed by atoms with van der Waals surface area (Å²) in [5, 5.41) is 20.6. The Hall–Kier alpha value is -3.23. The van der Waals surface area contributed by atoms with Gasteiger partial charge in [-0.05, 0) is 29.0 Å². The van der Waals surface area contributed by atoms with E-state index in [0.29, 0.717) is 24.7 Å². The maximum atomic E-state index is 10.6. The minimum atomic E-state index is -0.519. The number of nitrogens with one attached hydrogen (secondary N) is 2. The van der Waals surface area contributed by atoms with Crippen molar-refractivity contribution in [3.05, 3.63) is 58.3 Å². The first-order valence-corrected chi connectivity index (χ1v) is 7.01. The van der Waals surface area contributed by atoms with Crippen LogP contribution in [0.1, 0.15) is 11.4 Å². The quantitative estimate of drug-likeness (QED) is 0.532. The minimum Gasteiger partial charge on any atom is -0.358 e. The van der Waals surface area contributed by atoms with Gasteiger partial charge in [-0.15, -0.1) is 5.10 Å². The molecule has 2 N–H and O–H groups in total. The third-order valence-electron chi connectivity index (χ3n) is 3.25. The first kappa shape index (κ1) is 14.7. The zero-order valence-corrected chi connectivity index (χ0v) is 12.4. The van der Waals surface area contributed by atoms with Gasteiger partial charge in [0.15, 0.2) is 0 Å². The van der Waals surface area contributed by atoms with E-state index >= 15 is 0 Å². The summed E-state index contributed by atoms with van der Waals surface area (Å²) in [6.07, 6.45) is 3.39. The normalized spacial score (nSPS) is 10.7. The third kappa shape index (κ3) is 3.70. The van der Waals surface area contributed by atoms with Crippen molar-refractivity contribution in [2.45, 2.75) is 19.9 Å². The van der Waals surface area contributed by atoms with E-state index in [1.165, 1.54) is 18.1 Å². The number of aromatic nitrogens is 5. The van der Waals surface area contributed by atoms with Crippen LogP contribution >= 0.6 is 0 Å². The predicted molar refractivity (Wildman–Crippen MR) is 83.4 cm³/mol. The SMILES string of the molecule is Cc1ccc(Nc2n[nH]c(CCn3cnc([N+](=O)[O-])c3)n2)cc1. The highest BCUT2D eigenvalue weighted by Crippen LogP contribution is 2.13. The van der Waals surface area contributed by atoms with Gasteiger partial charge in [0.2, 0.25) is 12.3 Å². The van der Waals surface area contributed by atoms with Gasteiger partial charge in [0.25, 0.3) is 0 Å². The van der Waals surface area contributed by atoms with E-state index < -0.39 is 4.92 Å². The average molecular weight is 313 g/mol. The number of imidazole rings is 1. The van der Waals surface area contributed by atoms with Crippen LogP contribution < -0.4 is 5.32 Å². The number of nitro groups is 1. The van der Waals surface area contributed by atoms with E-state index in [2.05, 4.69) is 25.5 Å². The summed E-state index contributed by atoms with van der Waals surface area (Å²) in [7, 11) is 0. The Morgan fingerprint density at radius 3 is 2.83 bits per heavy atom. The summed E-state index contributed by atoms with van der Waals surface area (Å²) in [6, 6.07) is 7.91. The molecule has 23 heavy (non-hydrogen) atoms. The van der Waals surface area contributed by atoms with E-state index in [-0.39, 0.29) is 5.82 Å². The lowest BCUT2D eigenvalue weighted by Gasteiger charge is -2.01. The molecule has 2 aromatic heterocycles. The maximum absolute atomic E-state index is 10.6. The Kier molecular flexibility index (Phi) is 4.00. The van der Waals surface area contributed by atoms with E-state index in [4.69, 9.17) is 0 Å². The number of benzene rings is 1. The number of rotatable bonds is 6. The summed E-state index contributed by atoms with van der Waals surface area (Å²) in [5.74, 6) is 1.01. The standard InChI is InChI=1S/C14H15N7O2/c1-10-2-4-11(5-3-10)16-14-17-12(18-19-14)6-7-20-8-13(15-9-20)21(22)23/h2-5,8-9H,6-7H2,1H3,(H2,16,17,18,19). The van der Waals surface area contributed by atoms with Gasteiger partial charge < -0.3 is 20.0 Å². The highest BCUT2D eigenvalue weighted by atomic mass is 16.6. The molecular formula is C14H15N7O2. The van der Waals surface area contributed by atoms with E-state index in [9.17, 15) is 10.1 Å². The highest BCUT2D eigenvalue weighted by Gasteiger charge is 2.10. The Morgan fingerprint density at radius 2 is 2.13 bits per heavy atom. The second kappa shape index (κ2) is 6.26. The Labute approximate surface area is 131 Å². The third-order valence-corrected chi connectivity index (χ3v) is 3.25. The fourth-order valence-electron chi connectivity index (χ4n) is 2.03. The monoisotopic (exact) mass is 313 g/mol. The summed E-state index contributed by atoms with van der Waals surface area (Å²) >= 11 is 0. The predicted octanol–water partition coefficient (Wildman–Crippen LogP) is 2.20. The molecule has 0 radical (unpaired) electrons. The number of hydrogen-bond donors (Lipinski definition) is 2. The molecule has 9 nitrogen and oxygen atoms in total. The van der Waals surface area contributed by atoms with Gasteiger partial charge in [0.05, 0.1) is 0 Å². The van der Waals surface area contributed by atoms with Crippen molar-refractivity contribution in [1.82, 2.24) is 24.7 Å². The second-order valence-corrected chi connectivity index (χ2v) is 5.07. The second-order valence-electron chi connectivity index (χ2n) is 5.07. The highest BCUT2D eigenvalue weighted by molar-refractivity contribution is 5.53. The van der Waals surface area contributed by atoms with Crippen molar-refractivity contribution in [3.63, 3.8) is 0 Å². The fraction of sp³-hybridized carbons (Fsp3) is 0.214. The van der Waals surface area contributed by atoms with Gasteiger partial charge >= 0.3 is 5.82 Å². The van der Waals surface area contributed by atoms with Crippen molar-refractivity contribution in [3.8, 4) is 0 Å². The van der Waals surface area contributed by atoms with Crippen molar-refractivity contribution in [2.75, 3.05) is 5.32 Å². The molecule has 0 spiro atoms. The largest absolute Gasteiger partial charge is 0.381 e. The van der Waals surface area contributed by atoms with Crippen LogP contribution in [0, 0.1) is 17.0 Å². The van der Waals surface area contributed by atoms with E-state index in [1.54, 1.807) is 4.57 Å². The molecule has 0 bridgehead atoms. The summed E-state index contributed by atoms with van der Waals surface area (Å²) < 4.78 is 1.65. The molecule has 0 aliphatic carbocycles. The summed E-state index contributed by atoms with van der Waals surface area (Å²) in [4.78, 5) is 18.1. The number of aryl methyl sites for hydroxylation is 3. The first-order chi connectivity index (χ1) is 11.1. The van der Waals surface area contributed by atoms with Gasteiger partial charge in [-0.2, -0.15) is 4.98 Å². The molecule has 0 saturated carbocycles. The van der Waals surface area contributed by atoms with Gasteiger partial charge in [-0.25, -0.2) is 0 Å². The molecule has 0 atom stereocenters. The van der Waals surface area contributed by atoms with Crippen LogP contribution in [0.15, 0.2) is 36.8 Å². The molecule has 3 aromatic rings. The number of H-pyrrole nitrogens is 1. The van der Waals surface area contributed by atoms with E-state index in [1.807, 2.05) is 31.2 Å². The molecule has 0 aliphatic rings. The van der Waals surface area contributed by atoms with Gasteiger partial charge in [0, 0.05) is 18.7 Å². The van der Waals surface area contributed by atoms with Crippen LogP contribution in [0.2, 0.25) is 0 Å². The van der Waals surface area contributed by atoms with Crippen LogP contribution in [0.4, 0.5) is 17.5 Å². The molecule has 0 fully saturated rings. The van der Waals surface area contributed by atoms with Crippen molar-refractivity contribution >= 4 is 17.5 Å². The number of hydrogen-bond acceptors (Lipinski definition) is 6. The number of anilines is 2. The van der Waals surface area contributed by atoms with Crippen molar-refractivity contribution in [1.29, 1.82) is 0 Å². The molecule has 118 valence electrons. The van der Waals surface area contributed by atoms with Gasteiger partial charge in [-0.3, -0.25) is 5.10 Å². The Morgan fingerprint density at radius 1 is 1.35 bits per heavy atom. The molecule has 2 heterocycles.